The minimum Gasteiger partial charge on any atom is -0.319 e. The molecule has 0 saturated heterocycles. The third-order valence-corrected chi connectivity index (χ3v) is 2.29. The van der Waals surface area contributed by atoms with Crippen molar-refractivity contribution in [1.29, 1.82) is 0 Å². The fourth-order valence-corrected chi connectivity index (χ4v) is 1.72. The minimum atomic E-state index is 0.478. The number of hydrogen-bond acceptors (Lipinski definition) is 3. The van der Waals surface area contributed by atoms with Crippen molar-refractivity contribution < 1.29 is 0 Å². The highest BCUT2D eigenvalue weighted by molar-refractivity contribution is 5.26. The first-order valence-corrected chi connectivity index (χ1v) is 4.59. The van der Waals surface area contributed by atoms with Crippen molar-refractivity contribution in [2.75, 3.05) is 13.6 Å². The van der Waals surface area contributed by atoms with Gasteiger partial charge < -0.3 is 5.32 Å². The van der Waals surface area contributed by atoms with E-state index in [0.717, 1.165) is 17.9 Å². The van der Waals surface area contributed by atoms with Gasteiger partial charge in [-0.1, -0.05) is 6.92 Å². The molecule has 3 heteroatoms. The molecule has 13 heavy (non-hydrogen) atoms. The first-order valence-electron chi connectivity index (χ1n) is 4.59. The van der Waals surface area contributed by atoms with E-state index in [9.17, 15) is 0 Å². The highest BCUT2D eigenvalue weighted by Gasteiger charge is 2.11. The molecule has 0 amide bonds. The van der Waals surface area contributed by atoms with Crippen LogP contribution in [-0.2, 0) is 0 Å². The van der Waals surface area contributed by atoms with E-state index in [-0.39, 0.29) is 0 Å². The van der Waals surface area contributed by atoms with E-state index in [1.165, 1.54) is 5.56 Å². The Morgan fingerprint density at radius 1 is 1.31 bits per heavy atom. The molecule has 1 heterocycles. The standard InChI is InChI=1S/C10H17N3/c1-7(5-11-4)10-8(2)12-6-13-9(10)3/h6-7,11H,5H2,1-4H3. The van der Waals surface area contributed by atoms with Crippen LogP contribution in [0.3, 0.4) is 0 Å². The summed E-state index contributed by atoms with van der Waals surface area (Å²) in [5.41, 5.74) is 3.46. The van der Waals surface area contributed by atoms with E-state index in [0.29, 0.717) is 5.92 Å². The van der Waals surface area contributed by atoms with Crippen LogP contribution >= 0.6 is 0 Å². The molecule has 1 atom stereocenters. The Kier molecular flexibility index (Phi) is 3.37. The Morgan fingerprint density at radius 3 is 2.31 bits per heavy atom. The molecule has 0 fully saturated rings. The summed E-state index contributed by atoms with van der Waals surface area (Å²) >= 11 is 0. The fraction of sp³-hybridized carbons (Fsp3) is 0.600. The molecule has 0 saturated carbocycles. The largest absolute Gasteiger partial charge is 0.319 e. The number of likely N-dealkylation sites (N-methyl/N-ethyl adjacent to an activating group) is 1. The van der Waals surface area contributed by atoms with Crippen LogP contribution in [0, 0.1) is 13.8 Å². The summed E-state index contributed by atoms with van der Waals surface area (Å²) in [5, 5.41) is 3.16. The van der Waals surface area contributed by atoms with Crippen molar-refractivity contribution in [3.8, 4) is 0 Å². The maximum atomic E-state index is 4.20. The lowest BCUT2D eigenvalue weighted by Crippen LogP contribution is -2.17. The van der Waals surface area contributed by atoms with Gasteiger partial charge >= 0.3 is 0 Å². The number of aromatic nitrogens is 2. The Labute approximate surface area is 79.6 Å². The maximum Gasteiger partial charge on any atom is 0.115 e. The second kappa shape index (κ2) is 4.33. The zero-order valence-electron chi connectivity index (χ0n) is 8.76. The first kappa shape index (κ1) is 10.1. The predicted octanol–water partition coefficient (Wildman–Crippen LogP) is 1.42. The number of nitrogens with one attached hydrogen (secondary N) is 1. The third kappa shape index (κ3) is 2.25. The Bertz CT molecular complexity index is 263. The van der Waals surface area contributed by atoms with Gasteiger partial charge in [0, 0.05) is 17.9 Å². The molecule has 0 aliphatic rings. The summed E-state index contributed by atoms with van der Waals surface area (Å²) in [5.74, 6) is 0.478. The highest BCUT2D eigenvalue weighted by Crippen LogP contribution is 2.19. The molecule has 1 rings (SSSR count). The summed E-state index contributed by atoms with van der Waals surface area (Å²) in [7, 11) is 1.96. The van der Waals surface area contributed by atoms with Gasteiger partial charge in [-0.15, -0.1) is 0 Å². The summed E-state index contributed by atoms with van der Waals surface area (Å²) in [4.78, 5) is 8.41. The monoisotopic (exact) mass is 179 g/mol. The zero-order chi connectivity index (χ0) is 9.84. The van der Waals surface area contributed by atoms with Crippen LogP contribution in [-0.4, -0.2) is 23.6 Å². The Balaban J connectivity index is 2.98. The van der Waals surface area contributed by atoms with Gasteiger partial charge in [0.05, 0.1) is 0 Å². The number of rotatable bonds is 3. The van der Waals surface area contributed by atoms with E-state index in [2.05, 4.69) is 22.2 Å². The Morgan fingerprint density at radius 2 is 1.85 bits per heavy atom. The van der Waals surface area contributed by atoms with Crippen LogP contribution in [0.2, 0.25) is 0 Å². The number of hydrogen-bond donors (Lipinski definition) is 1. The van der Waals surface area contributed by atoms with Gasteiger partial charge in [0.25, 0.3) is 0 Å². The molecular weight excluding hydrogens is 162 g/mol. The molecular formula is C10H17N3. The molecule has 1 N–H and O–H groups in total. The second-order valence-electron chi connectivity index (χ2n) is 3.42. The van der Waals surface area contributed by atoms with E-state index in [1.807, 2.05) is 20.9 Å². The predicted molar refractivity (Wildman–Crippen MR) is 53.8 cm³/mol. The maximum absolute atomic E-state index is 4.20. The van der Waals surface area contributed by atoms with Crippen molar-refractivity contribution in [2.45, 2.75) is 26.7 Å². The molecule has 72 valence electrons. The van der Waals surface area contributed by atoms with Crippen molar-refractivity contribution in [2.24, 2.45) is 0 Å². The smallest absolute Gasteiger partial charge is 0.115 e. The molecule has 0 aliphatic heterocycles. The zero-order valence-corrected chi connectivity index (χ0v) is 8.76. The van der Waals surface area contributed by atoms with Gasteiger partial charge in [0.2, 0.25) is 0 Å². The number of nitrogens with zero attached hydrogens (tertiary/aromatic N) is 2. The van der Waals surface area contributed by atoms with Crippen molar-refractivity contribution in [3.05, 3.63) is 23.3 Å². The molecule has 1 aromatic rings. The van der Waals surface area contributed by atoms with Crippen LogP contribution in [0.25, 0.3) is 0 Å². The summed E-state index contributed by atoms with van der Waals surface area (Å²) in [6.45, 7) is 7.23. The normalized spacial score (nSPS) is 12.9. The summed E-state index contributed by atoms with van der Waals surface area (Å²) in [6.07, 6.45) is 1.63. The van der Waals surface area contributed by atoms with Gasteiger partial charge in [0.1, 0.15) is 6.33 Å². The summed E-state index contributed by atoms with van der Waals surface area (Å²) < 4.78 is 0. The van der Waals surface area contributed by atoms with Crippen molar-refractivity contribution in [1.82, 2.24) is 15.3 Å². The quantitative estimate of drug-likeness (QED) is 0.762. The lowest BCUT2D eigenvalue weighted by atomic mass is 9.98. The lowest BCUT2D eigenvalue weighted by molar-refractivity contribution is 0.662. The van der Waals surface area contributed by atoms with Crippen molar-refractivity contribution in [3.63, 3.8) is 0 Å². The molecule has 1 aromatic heterocycles. The fourth-order valence-electron chi connectivity index (χ4n) is 1.72. The van der Waals surface area contributed by atoms with Crippen LogP contribution in [0.15, 0.2) is 6.33 Å². The highest BCUT2D eigenvalue weighted by atomic mass is 14.9. The second-order valence-corrected chi connectivity index (χ2v) is 3.42. The van der Waals surface area contributed by atoms with Gasteiger partial charge in [0.15, 0.2) is 0 Å². The first-order chi connectivity index (χ1) is 6.16. The van der Waals surface area contributed by atoms with E-state index >= 15 is 0 Å². The topological polar surface area (TPSA) is 37.8 Å². The molecule has 0 bridgehead atoms. The van der Waals surface area contributed by atoms with Crippen LogP contribution in [0.4, 0.5) is 0 Å². The van der Waals surface area contributed by atoms with Crippen LogP contribution in [0.1, 0.15) is 29.8 Å². The number of aryl methyl sites for hydroxylation is 2. The van der Waals surface area contributed by atoms with Gasteiger partial charge in [-0.3, -0.25) is 0 Å². The van der Waals surface area contributed by atoms with Gasteiger partial charge in [-0.05, 0) is 32.4 Å². The third-order valence-electron chi connectivity index (χ3n) is 2.29. The molecule has 3 nitrogen and oxygen atoms in total. The van der Waals surface area contributed by atoms with E-state index in [1.54, 1.807) is 6.33 Å². The minimum absolute atomic E-state index is 0.478. The van der Waals surface area contributed by atoms with E-state index in [4.69, 9.17) is 0 Å². The average Bonchev–Trinajstić information content (AvgIpc) is 2.04. The van der Waals surface area contributed by atoms with Crippen molar-refractivity contribution >= 4 is 0 Å². The molecule has 0 radical (unpaired) electrons. The van der Waals surface area contributed by atoms with Crippen LogP contribution < -0.4 is 5.32 Å². The van der Waals surface area contributed by atoms with Gasteiger partial charge in [-0.25, -0.2) is 9.97 Å². The van der Waals surface area contributed by atoms with Crippen LogP contribution in [0.5, 0.6) is 0 Å². The van der Waals surface area contributed by atoms with Gasteiger partial charge in [-0.2, -0.15) is 0 Å². The van der Waals surface area contributed by atoms with E-state index < -0.39 is 0 Å². The molecule has 1 unspecified atom stereocenters. The SMILES string of the molecule is CNCC(C)c1c(C)ncnc1C. The molecule has 0 spiro atoms. The average molecular weight is 179 g/mol. The lowest BCUT2D eigenvalue weighted by Gasteiger charge is -2.14. The summed E-state index contributed by atoms with van der Waals surface area (Å²) in [6, 6.07) is 0. The molecule has 0 aromatic carbocycles. The Hall–Kier alpha value is -0.960. The molecule has 0 aliphatic carbocycles.